The highest BCUT2D eigenvalue weighted by Crippen LogP contribution is 2.23. The number of rotatable bonds is 5. The van der Waals surface area contributed by atoms with Gasteiger partial charge in [0.1, 0.15) is 5.82 Å². The van der Waals surface area contributed by atoms with Crippen molar-refractivity contribution in [3.05, 3.63) is 88.6 Å². The molecular formula is C21H20ClN3O. The summed E-state index contributed by atoms with van der Waals surface area (Å²) in [5, 5.41) is 3.87. The molecule has 26 heavy (non-hydrogen) atoms. The van der Waals surface area contributed by atoms with Gasteiger partial charge in [-0.2, -0.15) is 0 Å². The number of nitrogens with one attached hydrogen (secondary N) is 1. The molecule has 0 saturated heterocycles. The largest absolute Gasteiger partial charge is 0.340 e. The molecule has 5 heteroatoms. The second-order valence-corrected chi connectivity index (χ2v) is 6.57. The summed E-state index contributed by atoms with van der Waals surface area (Å²) in [4.78, 5) is 18.7. The lowest BCUT2D eigenvalue weighted by Crippen LogP contribution is -2.26. The van der Waals surface area contributed by atoms with Crippen LogP contribution in [0.4, 0.5) is 11.5 Å². The van der Waals surface area contributed by atoms with Crippen LogP contribution in [0.25, 0.3) is 0 Å². The number of pyridine rings is 1. The maximum absolute atomic E-state index is 12.7. The molecule has 1 aromatic heterocycles. The summed E-state index contributed by atoms with van der Waals surface area (Å²) in [6, 6.07) is 19.1. The Balaban J connectivity index is 1.73. The molecule has 132 valence electrons. The van der Waals surface area contributed by atoms with Gasteiger partial charge in [-0.25, -0.2) is 4.98 Å². The van der Waals surface area contributed by atoms with Crippen molar-refractivity contribution >= 4 is 29.0 Å². The average molecular weight is 366 g/mol. The van der Waals surface area contributed by atoms with Crippen LogP contribution in [0.15, 0.2) is 66.9 Å². The summed E-state index contributed by atoms with van der Waals surface area (Å²) in [5.74, 6) is 0.546. The Morgan fingerprint density at radius 2 is 1.88 bits per heavy atom. The molecule has 3 rings (SSSR count). The molecule has 0 aliphatic rings. The number of halogens is 1. The van der Waals surface area contributed by atoms with E-state index < -0.39 is 0 Å². The van der Waals surface area contributed by atoms with Gasteiger partial charge in [0.15, 0.2) is 0 Å². The van der Waals surface area contributed by atoms with Gasteiger partial charge in [0.25, 0.3) is 5.91 Å². The topological polar surface area (TPSA) is 45.2 Å². The number of aryl methyl sites for hydroxylation is 1. The van der Waals surface area contributed by atoms with Crippen molar-refractivity contribution in [2.24, 2.45) is 0 Å². The van der Waals surface area contributed by atoms with E-state index >= 15 is 0 Å². The van der Waals surface area contributed by atoms with Crippen molar-refractivity contribution in [2.75, 3.05) is 12.4 Å². The number of anilines is 2. The molecule has 3 aromatic rings. The lowest BCUT2D eigenvalue weighted by atomic mass is 10.2. The van der Waals surface area contributed by atoms with Gasteiger partial charge in [0.2, 0.25) is 0 Å². The molecule has 0 spiro atoms. The third kappa shape index (κ3) is 4.41. The van der Waals surface area contributed by atoms with Crippen LogP contribution in [0.1, 0.15) is 21.5 Å². The van der Waals surface area contributed by atoms with Crippen LogP contribution >= 0.6 is 11.6 Å². The minimum absolute atomic E-state index is 0.0544. The monoisotopic (exact) mass is 365 g/mol. The highest BCUT2D eigenvalue weighted by molar-refractivity contribution is 6.31. The second kappa shape index (κ2) is 8.02. The summed E-state index contributed by atoms with van der Waals surface area (Å²) < 4.78 is 0. The first-order valence-electron chi connectivity index (χ1n) is 8.31. The van der Waals surface area contributed by atoms with Crippen molar-refractivity contribution in [2.45, 2.75) is 13.5 Å². The molecule has 0 unspecified atom stereocenters. The van der Waals surface area contributed by atoms with E-state index in [-0.39, 0.29) is 5.91 Å². The first kappa shape index (κ1) is 18.0. The summed E-state index contributed by atoms with van der Waals surface area (Å²) in [6.45, 7) is 2.50. The van der Waals surface area contributed by atoms with Gasteiger partial charge in [-0.1, -0.05) is 48.0 Å². The molecular weight excluding hydrogens is 346 g/mol. The van der Waals surface area contributed by atoms with E-state index in [1.807, 2.05) is 55.5 Å². The van der Waals surface area contributed by atoms with E-state index in [2.05, 4.69) is 10.3 Å². The van der Waals surface area contributed by atoms with Gasteiger partial charge in [-0.05, 0) is 42.3 Å². The normalized spacial score (nSPS) is 10.4. The summed E-state index contributed by atoms with van der Waals surface area (Å²) in [5.41, 5.74) is 3.51. The van der Waals surface area contributed by atoms with Crippen LogP contribution in [0.5, 0.6) is 0 Å². The van der Waals surface area contributed by atoms with E-state index in [4.69, 9.17) is 11.6 Å². The highest BCUT2D eigenvalue weighted by atomic mass is 35.5. The number of aromatic nitrogens is 1. The Labute approximate surface area is 158 Å². The molecule has 0 aliphatic carbocycles. The fourth-order valence-electron chi connectivity index (χ4n) is 2.60. The van der Waals surface area contributed by atoms with Gasteiger partial charge in [0, 0.05) is 36.1 Å². The van der Waals surface area contributed by atoms with Crippen LogP contribution in [0.2, 0.25) is 5.02 Å². The van der Waals surface area contributed by atoms with Crippen molar-refractivity contribution < 1.29 is 4.79 Å². The van der Waals surface area contributed by atoms with Crippen molar-refractivity contribution in [3.63, 3.8) is 0 Å². The van der Waals surface area contributed by atoms with Crippen molar-refractivity contribution in [3.8, 4) is 0 Å². The van der Waals surface area contributed by atoms with Crippen LogP contribution in [0.3, 0.4) is 0 Å². The number of hydrogen-bond acceptors (Lipinski definition) is 3. The summed E-state index contributed by atoms with van der Waals surface area (Å²) >= 11 is 6.16. The molecule has 1 N–H and O–H groups in total. The maximum atomic E-state index is 12.7. The van der Waals surface area contributed by atoms with E-state index in [1.54, 1.807) is 30.3 Å². The van der Waals surface area contributed by atoms with Gasteiger partial charge >= 0.3 is 0 Å². The number of amides is 1. The third-order valence-electron chi connectivity index (χ3n) is 4.06. The standard InChI is InChI=1S/C21H20ClN3O/c1-15-8-9-18(13-19(15)22)24-20-12-17(10-11-23-20)21(26)25(2)14-16-6-4-3-5-7-16/h3-13H,14H2,1-2H3,(H,23,24). The minimum atomic E-state index is -0.0544. The molecule has 0 bridgehead atoms. The number of hydrogen-bond donors (Lipinski definition) is 1. The van der Waals surface area contributed by atoms with Crippen molar-refractivity contribution in [1.82, 2.24) is 9.88 Å². The maximum Gasteiger partial charge on any atom is 0.254 e. The van der Waals surface area contributed by atoms with Gasteiger partial charge in [0.05, 0.1) is 0 Å². The first-order valence-corrected chi connectivity index (χ1v) is 8.69. The van der Waals surface area contributed by atoms with E-state index in [9.17, 15) is 4.79 Å². The Morgan fingerprint density at radius 1 is 1.12 bits per heavy atom. The van der Waals surface area contributed by atoms with Crippen LogP contribution in [-0.2, 0) is 6.54 Å². The lowest BCUT2D eigenvalue weighted by Gasteiger charge is -2.18. The highest BCUT2D eigenvalue weighted by Gasteiger charge is 2.13. The van der Waals surface area contributed by atoms with Crippen LogP contribution in [-0.4, -0.2) is 22.8 Å². The molecule has 2 aromatic carbocycles. The Morgan fingerprint density at radius 3 is 2.62 bits per heavy atom. The number of carbonyl (C=O) groups is 1. The quantitative estimate of drug-likeness (QED) is 0.687. The summed E-state index contributed by atoms with van der Waals surface area (Å²) in [7, 11) is 1.79. The number of carbonyl (C=O) groups excluding carboxylic acids is 1. The van der Waals surface area contributed by atoms with Gasteiger partial charge < -0.3 is 10.2 Å². The summed E-state index contributed by atoms with van der Waals surface area (Å²) in [6.07, 6.45) is 1.63. The predicted molar refractivity (Wildman–Crippen MR) is 106 cm³/mol. The molecule has 1 amide bonds. The van der Waals surface area contributed by atoms with E-state index in [0.29, 0.717) is 22.9 Å². The smallest absolute Gasteiger partial charge is 0.254 e. The molecule has 4 nitrogen and oxygen atoms in total. The zero-order valence-corrected chi connectivity index (χ0v) is 15.5. The Hall–Kier alpha value is -2.85. The Bertz CT molecular complexity index is 912. The SMILES string of the molecule is Cc1ccc(Nc2cc(C(=O)N(C)Cc3ccccc3)ccn2)cc1Cl. The predicted octanol–water partition coefficient (Wildman–Crippen LogP) is 5.06. The molecule has 0 aliphatic heterocycles. The molecule has 0 atom stereocenters. The third-order valence-corrected chi connectivity index (χ3v) is 4.47. The van der Waals surface area contributed by atoms with Gasteiger partial charge in [-0.3, -0.25) is 4.79 Å². The van der Waals surface area contributed by atoms with E-state index in [0.717, 1.165) is 16.8 Å². The fraction of sp³-hybridized carbons (Fsp3) is 0.143. The van der Waals surface area contributed by atoms with Gasteiger partial charge in [-0.15, -0.1) is 0 Å². The van der Waals surface area contributed by atoms with Crippen LogP contribution in [0, 0.1) is 6.92 Å². The number of nitrogens with zero attached hydrogens (tertiary/aromatic N) is 2. The fourth-order valence-corrected chi connectivity index (χ4v) is 2.78. The van der Waals surface area contributed by atoms with Crippen LogP contribution < -0.4 is 5.32 Å². The first-order chi connectivity index (χ1) is 12.5. The van der Waals surface area contributed by atoms with Crippen molar-refractivity contribution in [1.29, 1.82) is 0 Å². The number of benzene rings is 2. The lowest BCUT2D eigenvalue weighted by molar-refractivity contribution is 0.0785. The molecule has 0 radical (unpaired) electrons. The zero-order chi connectivity index (χ0) is 18.5. The molecule has 0 saturated carbocycles. The molecule has 0 fully saturated rings. The molecule has 1 heterocycles. The second-order valence-electron chi connectivity index (χ2n) is 6.17. The minimum Gasteiger partial charge on any atom is -0.340 e. The van der Waals surface area contributed by atoms with E-state index in [1.165, 1.54) is 0 Å². The average Bonchev–Trinajstić information content (AvgIpc) is 2.65. The zero-order valence-electron chi connectivity index (χ0n) is 14.7. The Kier molecular flexibility index (Phi) is 5.54.